The number of alkyl halides is 1. The van der Waals surface area contributed by atoms with E-state index in [1.54, 1.807) is 6.20 Å². The Hall–Kier alpha value is -0.0200. The van der Waals surface area contributed by atoms with Gasteiger partial charge in [0.15, 0.2) is 0 Å². The molecule has 0 amide bonds. The van der Waals surface area contributed by atoms with Crippen LogP contribution in [0.5, 0.6) is 0 Å². The summed E-state index contributed by atoms with van der Waals surface area (Å²) < 4.78 is 1.87. The zero-order valence-corrected chi connectivity index (χ0v) is 8.48. The molecule has 0 atom stereocenters. The molecule has 0 fully saturated rings. The lowest BCUT2D eigenvalue weighted by molar-refractivity contribution is 0.574. The normalized spacial score (nSPS) is 10.4. The quantitative estimate of drug-likeness (QED) is 0.582. The van der Waals surface area contributed by atoms with Gasteiger partial charge in [-0.05, 0) is 12.8 Å². The molecule has 1 rings (SSSR count). The van der Waals surface area contributed by atoms with Crippen molar-refractivity contribution in [2.45, 2.75) is 19.4 Å². The van der Waals surface area contributed by atoms with Crippen LogP contribution in [-0.2, 0) is 6.54 Å². The Bertz CT molecular complexity index is 212. The summed E-state index contributed by atoms with van der Waals surface area (Å²) in [6.07, 6.45) is 5.83. The first-order chi connectivity index (χ1) is 5.33. The Balaban J connectivity index is 2.27. The van der Waals surface area contributed by atoms with Gasteiger partial charge >= 0.3 is 0 Å². The maximum absolute atomic E-state index is 5.68. The van der Waals surface area contributed by atoms with E-state index in [-0.39, 0.29) is 0 Å². The van der Waals surface area contributed by atoms with Crippen molar-refractivity contribution in [2.24, 2.45) is 0 Å². The molecule has 0 radical (unpaired) electrons. The van der Waals surface area contributed by atoms with E-state index in [9.17, 15) is 0 Å². The van der Waals surface area contributed by atoms with Crippen molar-refractivity contribution in [3.8, 4) is 0 Å². The van der Waals surface area contributed by atoms with Crippen LogP contribution in [0, 0.1) is 0 Å². The van der Waals surface area contributed by atoms with E-state index >= 15 is 0 Å². The van der Waals surface area contributed by atoms with Gasteiger partial charge in [0, 0.05) is 18.1 Å². The van der Waals surface area contributed by atoms with E-state index in [1.165, 1.54) is 6.42 Å². The first kappa shape index (κ1) is 9.07. The summed E-state index contributed by atoms with van der Waals surface area (Å²) in [7, 11) is 0. The first-order valence-corrected chi connectivity index (χ1v) is 5.07. The van der Waals surface area contributed by atoms with Crippen LogP contribution in [-0.4, -0.2) is 15.1 Å². The molecule has 0 aliphatic rings. The van der Waals surface area contributed by atoms with Crippen molar-refractivity contribution in [3.63, 3.8) is 0 Å². The highest BCUT2D eigenvalue weighted by Crippen LogP contribution is 2.05. The maximum Gasteiger partial charge on any atom is 0.0785 e. The van der Waals surface area contributed by atoms with Gasteiger partial charge in [0.2, 0.25) is 0 Å². The Kier molecular flexibility index (Phi) is 3.94. The lowest BCUT2D eigenvalue weighted by Crippen LogP contribution is -1.97. The third-order valence-corrected chi connectivity index (χ3v) is 2.13. The van der Waals surface area contributed by atoms with Crippen LogP contribution in [0.2, 0.25) is 5.02 Å². The predicted octanol–water partition coefficient (Wildman–Crippen LogP) is 2.71. The number of rotatable bonds is 4. The van der Waals surface area contributed by atoms with E-state index in [4.69, 9.17) is 11.6 Å². The van der Waals surface area contributed by atoms with Crippen molar-refractivity contribution in [2.75, 3.05) is 5.33 Å². The highest BCUT2D eigenvalue weighted by molar-refractivity contribution is 9.09. The standard InChI is InChI=1S/C7H10BrClN2/c8-3-1-2-4-11-6-7(9)5-10-11/h5-6H,1-4H2. The molecule has 0 aliphatic heterocycles. The van der Waals surface area contributed by atoms with Gasteiger partial charge in [-0.25, -0.2) is 0 Å². The maximum atomic E-state index is 5.68. The van der Waals surface area contributed by atoms with Crippen molar-refractivity contribution < 1.29 is 0 Å². The van der Waals surface area contributed by atoms with Crippen LogP contribution in [0.1, 0.15) is 12.8 Å². The van der Waals surface area contributed by atoms with Gasteiger partial charge in [-0.2, -0.15) is 5.10 Å². The summed E-state index contributed by atoms with van der Waals surface area (Å²) in [5, 5.41) is 5.83. The molecule has 0 unspecified atom stereocenters. The second-order valence-corrected chi connectivity index (χ2v) is 3.55. The summed E-state index contributed by atoms with van der Waals surface area (Å²) in [5.74, 6) is 0. The number of hydrogen-bond donors (Lipinski definition) is 0. The number of unbranched alkanes of at least 4 members (excludes halogenated alkanes) is 1. The summed E-state index contributed by atoms with van der Waals surface area (Å²) in [5.41, 5.74) is 0. The molecular weight excluding hydrogens is 227 g/mol. The van der Waals surface area contributed by atoms with Crippen LogP contribution >= 0.6 is 27.5 Å². The van der Waals surface area contributed by atoms with Gasteiger partial charge in [0.1, 0.15) is 0 Å². The fourth-order valence-corrected chi connectivity index (χ4v) is 1.38. The zero-order valence-electron chi connectivity index (χ0n) is 6.13. The Morgan fingerprint density at radius 3 is 2.91 bits per heavy atom. The molecule has 1 aromatic rings. The molecule has 62 valence electrons. The van der Waals surface area contributed by atoms with E-state index in [0.29, 0.717) is 5.02 Å². The lowest BCUT2D eigenvalue weighted by Gasteiger charge is -1.97. The van der Waals surface area contributed by atoms with Crippen LogP contribution < -0.4 is 0 Å². The fourth-order valence-electron chi connectivity index (χ4n) is 0.829. The summed E-state index contributed by atoms with van der Waals surface area (Å²) >= 11 is 9.05. The largest absolute Gasteiger partial charge is 0.271 e. The molecule has 0 aromatic carbocycles. The Morgan fingerprint density at radius 1 is 1.55 bits per heavy atom. The minimum atomic E-state index is 0.712. The lowest BCUT2D eigenvalue weighted by atomic mass is 10.3. The molecule has 1 aromatic heterocycles. The molecule has 0 spiro atoms. The highest BCUT2D eigenvalue weighted by Gasteiger charge is 1.93. The molecular formula is C7H10BrClN2. The van der Waals surface area contributed by atoms with Gasteiger partial charge in [0.25, 0.3) is 0 Å². The second-order valence-electron chi connectivity index (χ2n) is 2.32. The molecule has 0 aliphatic carbocycles. The first-order valence-electron chi connectivity index (χ1n) is 3.57. The molecule has 0 N–H and O–H groups in total. The highest BCUT2D eigenvalue weighted by atomic mass is 79.9. The monoisotopic (exact) mass is 236 g/mol. The van der Waals surface area contributed by atoms with Crippen molar-refractivity contribution in [1.82, 2.24) is 9.78 Å². The summed E-state index contributed by atoms with van der Waals surface area (Å²) in [6, 6.07) is 0. The molecule has 11 heavy (non-hydrogen) atoms. The van der Waals surface area contributed by atoms with Crippen molar-refractivity contribution in [1.29, 1.82) is 0 Å². The smallest absolute Gasteiger partial charge is 0.0785 e. The number of hydrogen-bond acceptors (Lipinski definition) is 1. The van der Waals surface area contributed by atoms with E-state index in [1.807, 2.05) is 10.9 Å². The van der Waals surface area contributed by atoms with Crippen LogP contribution in [0.3, 0.4) is 0 Å². The van der Waals surface area contributed by atoms with Crippen molar-refractivity contribution in [3.05, 3.63) is 17.4 Å². The Labute approximate surface area is 79.7 Å². The number of aromatic nitrogens is 2. The minimum absolute atomic E-state index is 0.712. The molecule has 2 nitrogen and oxygen atoms in total. The topological polar surface area (TPSA) is 17.8 Å². The van der Waals surface area contributed by atoms with Crippen LogP contribution in [0.4, 0.5) is 0 Å². The second kappa shape index (κ2) is 4.78. The molecule has 0 bridgehead atoms. The van der Waals surface area contributed by atoms with Crippen LogP contribution in [0.15, 0.2) is 12.4 Å². The number of halogens is 2. The molecule has 4 heteroatoms. The minimum Gasteiger partial charge on any atom is -0.271 e. The third-order valence-electron chi connectivity index (χ3n) is 1.37. The molecule has 0 saturated carbocycles. The SMILES string of the molecule is Clc1cnn(CCCCBr)c1. The zero-order chi connectivity index (χ0) is 8.10. The summed E-state index contributed by atoms with van der Waals surface area (Å²) in [4.78, 5) is 0. The molecule has 0 saturated heterocycles. The van der Waals surface area contributed by atoms with Gasteiger partial charge in [-0.3, -0.25) is 4.68 Å². The van der Waals surface area contributed by atoms with Gasteiger partial charge in [0.05, 0.1) is 11.2 Å². The predicted molar refractivity (Wildman–Crippen MR) is 50.3 cm³/mol. The third kappa shape index (κ3) is 3.25. The van der Waals surface area contributed by atoms with Gasteiger partial charge in [-0.15, -0.1) is 0 Å². The average Bonchev–Trinajstić information content (AvgIpc) is 2.37. The van der Waals surface area contributed by atoms with E-state index in [0.717, 1.165) is 18.3 Å². The number of aryl methyl sites for hydroxylation is 1. The van der Waals surface area contributed by atoms with Crippen LogP contribution in [0.25, 0.3) is 0 Å². The van der Waals surface area contributed by atoms with Gasteiger partial charge in [-0.1, -0.05) is 27.5 Å². The fraction of sp³-hybridized carbons (Fsp3) is 0.571. The summed E-state index contributed by atoms with van der Waals surface area (Å²) in [6.45, 7) is 0.957. The van der Waals surface area contributed by atoms with E-state index < -0.39 is 0 Å². The average molecular weight is 238 g/mol. The van der Waals surface area contributed by atoms with Crippen molar-refractivity contribution >= 4 is 27.5 Å². The molecule has 1 heterocycles. The van der Waals surface area contributed by atoms with Gasteiger partial charge < -0.3 is 0 Å². The number of nitrogens with zero attached hydrogens (tertiary/aromatic N) is 2. The van der Waals surface area contributed by atoms with E-state index in [2.05, 4.69) is 21.0 Å². The Morgan fingerprint density at radius 2 is 2.36 bits per heavy atom.